The third-order valence-electron chi connectivity index (χ3n) is 1.98. The van der Waals surface area contributed by atoms with E-state index in [9.17, 15) is 13.6 Å². The average molecular weight is 215 g/mol. The minimum Gasteiger partial charge on any atom is -0.480 e. The Morgan fingerprint density at radius 3 is 2.67 bits per heavy atom. The van der Waals surface area contributed by atoms with Crippen LogP contribution >= 0.6 is 0 Å². The predicted molar refractivity (Wildman–Crippen MR) is 50.7 cm³/mol. The number of hydrogen-bond donors (Lipinski definition) is 2. The topological polar surface area (TPSA) is 63.3 Å². The molecule has 0 fully saturated rings. The van der Waals surface area contributed by atoms with Crippen LogP contribution in [-0.4, -0.2) is 17.1 Å². The number of benzene rings is 1. The Balaban J connectivity index is 2.78. The standard InChI is InChI=1S/C10H11F2NO2/c11-9(12)7-3-1-2-6(4-7)5-8(13)10(14)15/h1-4,8-9H,5,13H2,(H,14,15)/t8-/m0/s1. The second-order valence-corrected chi connectivity index (χ2v) is 3.19. The van der Waals surface area contributed by atoms with Crippen molar-refractivity contribution in [2.24, 2.45) is 5.73 Å². The van der Waals surface area contributed by atoms with E-state index in [0.29, 0.717) is 5.56 Å². The lowest BCUT2D eigenvalue weighted by atomic mass is 10.0. The third-order valence-corrected chi connectivity index (χ3v) is 1.98. The molecule has 0 aliphatic heterocycles. The van der Waals surface area contributed by atoms with Gasteiger partial charge < -0.3 is 10.8 Å². The summed E-state index contributed by atoms with van der Waals surface area (Å²) in [6.07, 6.45) is -2.50. The Hall–Kier alpha value is -1.49. The fourth-order valence-electron chi connectivity index (χ4n) is 1.20. The third kappa shape index (κ3) is 3.28. The molecule has 1 aromatic rings. The van der Waals surface area contributed by atoms with E-state index in [1.54, 1.807) is 6.07 Å². The molecule has 82 valence electrons. The Bertz CT molecular complexity index is 355. The van der Waals surface area contributed by atoms with Crippen molar-refractivity contribution < 1.29 is 18.7 Å². The summed E-state index contributed by atoms with van der Waals surface area (Å²) in [6.45, 7) is 0. The first-order chi connectivity index (χ1) is 7.00. The average Bonchev–Trinajstić information content (AvgIpc) is 2.18. The van der Waals surface area contributed by atoms with Crippen molar-refractivity contribution in [2.45, 2.75) is 18.9 Å². The lowest BCUT2D eigenvalue weighted by Crippen LogP contribution is -2.32. The van der Waals surface area contributed by atoms with E-state index >= 15 is 0 Å². The number of halogens is 2. The van der Waals surface area contributed by atoms with E-state index in [1.165, 1.54) is 18.2 Å². The molecule has 0 heterocycles. The van der Waals surface area contributed by atoms with Crippen molar-refractivity contribution in [3.05, 3.63) is 35.4 Å². The van der Waals surface area contributed by atoms with Gasteiger partial charge in [-0.25, -0.2) is 8.78 Å². The number of nitrogens with two attached hydrogens (primary N) is 1. The fourth-order valence-corrected chi connectivity index (χ4v) is 1.20. The molecule has 0 amide bonds. The zero-order valence-corrected chi connectivity index (χ0v) is 7.86. The van der Waals surface area contributed by atoms with E-state index < -0.39 is 18.4 Å². The normalized spacial score (nSPS) is 12.8. The summed E-state index contributed by atoms with van der Waals surface area (Å²) in [6, 6.07) is 4.55. The Kier molecular flexibility index (Phi) is 3.74. The highest BCUT2D eigenvalue weighted by molar-refractivity contribution is 5.73. The molecular formula is C10H11F2NO2. The van der Waals surface area contributed by atoms with E-state index in [0.717, 1.165) is 0 Å². The Morgan fingerprint density at radius 1 is 1.47 bits per heavy atom. The largest absolute Gasteiger partial charge is 0.480 e. The molecule has 0 unspecified atom stereocenters. The van der Waals surface area contributed by atoms with Crippen LogP contribution in [0, 0.1) is 0 Å². The molecule has 0 spiro atoms. The van der Waals surface area contributed by atoms with Crippen molar-refractivity contribution >= 4 is 5.97 Å². The van der Waals surface area contributed by atoms with Gasteiger partial charge in [0.05, 0.1) is 0 Å². The lowest BCUT2D eigenvalue weighted by Gasteiger charge is -2.07. The van der Waals surface area contributed by atoms with Gasteiger partial charge in [0.1, 0.15) is 6.04 Å². The first-order valence-corrected chi connectivity index (χ1v) is 4.36. The van der Waals surface area contributed by atoms with Crippen LogP contribution in [0.3, 0.4) is 0 Å². The molecule has 1 rings (SSSR count). The Morgan fingerprint density at radius 2 is 2.13 bits per heavy atom. The molecular weight excluding hydrogens is 204 g/mol. The molecule has 5 heteroatoms. The van der Waals surface area contributed by atoms with Gasteiger partial charge >= 0.3 is 5.97 Å². The molecule has 1 aromatic carbocycles. The van der Waals surface area contributed by atoms with Gasteiger partial charge in [-0.05, 0) is 12.0 Å². The number of rotatable bonds is 4. The van der Waals surface area contributed by atoms with Crippen molar-refractivity contribution in [3.8, 4) is 0 Å². The molecule has 1 atom stereocenters. The highest BCUT2D eigenvalue weighted by Crippen LogP contribution is 2.19. The highest BCUT2D eigenvalue weighted by atomic mass is 19.3. The van der Waals surface area contributed by atoms with Gasteiger partial charge in [-0.3, -0.25) is 4.79 Å². The van der Waals surface area contributed by atoms with Crippen LogP contribution in [-0.2, 0) is 11.2 Å². The highest BCUT2D eigenvalue weighted by Gasteiger charge is 2.13. The molecule has 0 bridgehead atoms. The van der Waals surface area contributed by atoms with Gasteiger partial charge in [0.2, 0.25) is 0 Å². The van der Waals surface area contributed by atoms with Crippen molar-refractivity contribution in [3.63, 3.8) is 0 Å². The number of hydrogen-bond acceptors (Lipinski definition) is 2. The van der Waals surface area contributed by atoms with Crippen molar-refractivity contribution in [2.75, 3.05) is 0 Å². The summed E-state index contributed by atoms with van der Waals surface area (Å²) in [4.78, 5) is 10.4. The molecule has 0 aliphatic rings. The summed E-state index contributed by atoms with van der Waals surface area (Å²) in [5.41, 5.74) is 5.67. The van der Waals surface area contributed by atoms with Crippen LogP contribution in [0.25, 0.3) is 0 Å². The van der Waals surface area contributed by atoms with Crippen LogP contribution in [0.5, 0.6) is 0 Å². The minimum atomic E-state index is -2.55. The van der Waals surface area contributed by atoms with Gasteiger partial charge in [0.25, 0.3) is 6.43 Å². The molecule has 0 saturated heterocycles. The molecule has 0 saturated carbocycles. The van der Waals surface area contributed by atoms with Crippen LogP contribution in [0.4, 0.5) is 8.78 Å². The van der Waals surface area contributed by atoms with Crippen molar-refractivity contribution in [1.82, 2.24) is 0 Å². The summed E-state index contributed by atoms with van der Waals surface area (Å²) in [7, 11) is 0. The maximum Gasteiger partial charge on any atom is 0.320 e. The summed E-state index contributed by atoms with van der Waals surface area (Å²) >= 11 is 0. The van der Waals surface area contributed by atoms with Crippen LogP contribution < -0.4 is 5.73 Å². The van der Waals surface area contributed by atoms with Gasteiger partial charge in [-0.15, -0.1) is 0 Å². The molecule has 3 N–H and O–H groups in total. The monoisotopic (exact) mass is 215 g/mol. The zero-order valence-electron chi connectivity index (χ0n) is 7.86. The first kappa shape index (κ1) is 11.6. The summed E-state index contributed by atoms with van der Waals surface area (Å²) < 4.78 is 24.6. The number of aliphatic carboxylic acids is 1. The van der Waals surface area contributed by atoms with Crippen LogP contribution in [0.2, 0.25) is 0 Å². The molecule has 15 heavy (non-hydrogen) atoms. The second kappa shape index (κ2) is 4.84. The second-order valence-electron chi connectivity index (χ2n) is 3.19. The van der Waals surface area contributed by atoms with Gasteiger partial charge in [-0.1, -0.05) is 24.3 Å². The van der Waals surface area contributed by atoms with E-state index in [1.807, 2.05) is 0 Å². The molecule has 0 aromatic heterocycles. The van der Waals surface area contributed by atoms with E-state index in [2.05, 4.69) is 0 Å². The van der Waals surface area contributed by atoms with Crippen LogP contribution in [0.15, 0.2) is 24.3 Å². The van der Waals surface area contributed by atoms with Gasteiger partial charge in [0, 0.05) is 5.56 Å². The maximum absolute atomic E-state index is 12.3. The van der Waals surface area contributed by atoms with E-state index in [-0.39, 0.29) is 12.0 Å². The smallest absolute Gasteiger partial charge is 0.320 e. The quantitative estimate of drug-likeness (QED) is 0.801. The minimum absolute atomic E-state index is 0.0515. The van der Waals surface area contributed by atoms with Gasteiger partial charge in [0.15, 0.2) is 0 Å². The summed E-state index contributed by atoms with van der Waals surface area (Å²) in [5, 5.41) is 8.55. The predicted octanol–water partition coefficient (Wildman–Crippen LogP) is 1.58. The SMILES string of the molecule is N[C@@H](Cc1cccc(C(F)F)c1)C(=O)O. The number of carbonyl (C=O) groups is 1. The molecule has 0 radical (unpaired) electrons. The lowest BCUT2D eigenvalue weighted by molar-refractivity contribution is -0.138. The first-order valence-electron chi connectivity index (χ1n) is 4.36. The fraction of sp³-hybridized carbons (Fsp3) is 0.300. The van der Waals surface area contributed by atoms with Crippen molar-refractivity contribution in [1.29, 1.82) is 0 Å². The number of carboxylic acid groups (broad SMARTS) is 1. The number of carboxylic acids is 1. The maximum atomic E-state index is 12.3. The van der Waals surface area contributed by atoms with Gasteiger partial charge in [-0.2, -0.15) is 0 Å². The van der Waals surface area contributed by atoms with Crippen LogP contribution in [0.1, 0.15) is 17.6 Å². The molecule has 0 aliphatic carbocycles. The molecule has 3 nitrogen and oxygen atoms in total. The zero-order chi connectivity index (χ0) is 11.4. The Labute approximate surface area is 85.5 Å². The summed E-state index contributed by atoms with van der Waals surface area (Å²) in [5.74, 6) is -1.14. The number of alkyl halides is 2. The van der Waals surface area contributed by atoms with E-state index in [4.69, 9.17) is 10.8 Å².